The van der Waals surface area contributed by atoms with Gasteiger partial charge in [-0.3, -0.25) is 0 Å². The Kier molecular flexibility index (Phi) is 6.53. The van der Waals surface area contributed by atoms with Crippen LogP contribution in [0, 0.1) is 0 Å². The largest absolute Gasteiger partial charge is 0.327 e. The standard InChI is InChI=1S/C11H23N3O2/c1-6-13(7-2)10(15)12(5)11(16)14(8-3)9-4/h6-9H2,1-5H3. The van der Waals surface area contributed by atoms with Crippen molar-refractivity contribution in [1.82, 2.24) is 14.7 Å². The summed E-state index contributed by atoms with van der Waals surface area (Å²) in [7, 11) is 1.53. The molecule has 0 atom stereocenters. The third kappa shape index (κ3) is 3.40. The van der Waals surface area contributed by atoms with Gasteiger partial charge < -0.3 is 9.80 Å². The van der Waals surface area contributed by atoms with Gasteiger partial charge in [-0.2, -0.15) is 0 Å². The smallest absolute Gasteiger partial charge is 0.325 e. The van der Waals surface area contributed by atoms with E-state index in [0.29, 0.717) is 26.2 Å². The zero-order valence-electron chi connectivity index (χ0n) is 11.0. The molecule has 0 aromatic heterocycles. The summed E-state index contributed by atoms with van der Waals surface area (Å²) in [4.78, 5) is 28.2. The van der Waals surface area contributed by atoms with Crippen molar-refractivity contribution in [2.75, 3.05) is 33.2 Å². The van der Waals surface area contributed by atoms with Crippen molar-refractivity contribution < 1.29 is 9.59 Å². The van der Waals surface area contributed by atoms with Crippen LogP contribution in [0.15, 0.2) is 0 Å². The molecule has 5 heteroatoms. The molecule has 0 aromatic carbocycles. The van der Waals surface area contributed by atoms with Gasteiger partial charge in [-0.05, 0) is 27.7 Å². The highest BCUT2D eigenvalue weighted by Gasteiger charge is 2.23. The van der Waals surface area contributed by atoms with Crippen molar-refractivity contribution in [2.45, 2.75) is 27.7 Å². The van der Waals surface area contributed by atoms with Crippen molar-refractivity contribution in [2.24, 2.45) is 0 Å². The minimum Gasteiger partial charge on any atom is -0.325 e. The lowest BCUT2D eigenvalue weighted by molar-refractivity contribution is 0.147. The Morgan fingerprint density at radius 3 is 1.19 bits per heavy atom. The number of amides is 4. The van der Waals surface area contributed by atoms with Gasteiger partial charge in [-0.25, -0.2) is 14.5 Å². The van der Waals surface area contributed by atoms with E-state index >= 15 is 0 Å². The lowest BCUT2D eigenvalue weighted by atomic mass is 10.5. The van der Waals surface area contributed by atoms with Crippen molar-refractivity contribution in [3.05, 3.63) is 0 Å². The number of urea groups is 2. The maximum absolute atomic E-state index is 11.9. The van der Waals surface area contributed by atoms with Gasteiger partial charge in [-0.15, -0.1) is 0 Å². The molecule has 0 fully saturated rings. The average molecular weight is 229 g/mol. The highest BCUT2D eigenvalue weighted by molar-refractivity contribution is 5.93. The second-order valence-electron chi connectivity index (χ2n) is 3.47. The van der Waals surface area contributed by atoms with Crippen molar-refractivity contribution in [1.29, 1.82) is 0 Å². The molecule has 0 heterocycles. The molecule has 5 nitrogen and oxygen atoms in total. The zero-order valence-corrected chi connectivity index (χ0v) is 11.0. The van der Waals surface area contributed by atoms with Crippen LogP contribution in [-0.4, -0.2) is 60.0 Å². The third-order valence-electron chi connectivity index (χ3n) is 2.64. The maximum atomic E-state index is 11.9. The molecule has 4 amide bonds. The molecule has 0 aliphatic heterocycles. The Bertz CT molecular complexity index is 211. The van der Waals surface area contributed by atoms with Gasteiger partial charge in [0.05, 0.1) is 0 Å². The zero-order chi connectivity index (χ0) is 12.7. The highest BCUT2D eigenvalue weighted by Crippen LogP contribution is 2.02. The normalized spacial score (nSPS) is 9.81. The summed E-state index contributed by atoms with van der Waals surface area (Å²) in [5.74, 6) is 0. The minimum absolute atomic E-state index is 0.234. The van der Waals surface area contributed by atoms with Crippen LogP contribution in [0.25, 0.3) is 0 Å². The molecule has 0 spiro atoms. The molecule has 0 radical (unpaired) electrons. The number of rotatable bonds is 4. The fraction of sp³-hybridized carbons (Fsp3) is 0.818. The predicted molar refractivity (Wildman–Crippen MR) is 64.4 cm³/mol. The first-order chi connectivity index (χ1) is 7.53. The van der Waals surface area contributed by atoms with Crippen molar-refractivity contribution >= 4 is 12.1 Å². The summed E-state index contributed by atoms with van der Waals surface area (Å²) >= 11 is 0. The number of imide groups is 1. The van der Waals surface area contributed by atoms with Crippen LogP contribution in [0.2, 0.25) is 0 Å². The minimum atomic E-state index is -0.234. The Hall–Kier alpha value is -1.26. The topological polar surface area (TPSA) is 43.9 Å². The summed E-state index contributed by atoms with van der Waals surface area (Å²) in [6.07, 6.45) is 0. The molecule has 0 aliphatic rings. The number of carbonyl (C=O) groups is 2. The van der Waals surface area contributed by atoms with Crippen LogP contribution in [-0.2, 0) is 0 Å². The second-order valence-corrected chi connectivity index (χ2v) is 3.47. The predicted octanol–water partition coefficient (Wildman–Crippen LogP) is 1.84. The van der Waals surface area contributed by atoms with E-state index in [-0.39, 0.29) is 12.1 Å². The quantitative estimate of drug-likeness (QED) is 0.738. The molecular formula is C11H23N3O2. The molecule has 16 heavy (non-hydrogen) atoms. The monoisotopic (exact) mass is 229 g/mol. The van der Waals surface area contributed by atoms with E-state index in [1.54, 1.807) is 9.80 Å². The van der Waals surface area contributed by atoms with Gasteiger partial charge in [0.25, 0.3) is 0 Å². The van der Waals surface area contributed by atoms with E-state index in [4.69, 9.17) is 0 Å². The van der Waals surface area contributed by atoms with E-state index in [0.717, 1.165) is 0 Å². The summed E-state index contributed by atoms with van der Waals surface area (Å²) in [6, 6.07) is -0.469. The average Bonchev–Trinajstić information content (AvgIpc) is 2.30. The Morgan fingerprint density at radius 2 is 1.00 bits per heavy atom. The number of hydrogen-bond acceptors (Lipinski definition) is 2. The molecule has 0 saturated heterocycles. The molecule has 94 valence electrons. The fourth-order valence-electron chi connectivity index (χ4n) is 1.49. The molecule has 0 bridgehead atoms. The summed E-state index contributed by atoms with van der Waals surface area (Å²) in [5.41, 5.74) is 0. The van der Waals surface area contributed by atoms with E-state index in [1.807, 2.05) is 27.7 Å². The molecule has 0 aliphatic carbocycles. The first-order valence-electron chi connectivity index (χ1n) is 5.84. The molecule has 0 aromatic rings. The van der Waals surface area contributed by atoms with Crippen molar-refractivity contribution in [3.8, 4) is 0 Å². The first-order valence-corrected chi connectivity index (χ1v) is 5.84. The van der Waals surface area contributed by atoms with Gasteiger partial charge in [0.15, 0.2) is 0 Å². The number of carbonyl (C=O) groups excluding carboxylic acids is 2. The highest BCUT2D eigenvalue weighted by atomic mass is 16.2. The van der Waals surface area contributed by atoms with Crippen molar-refractivity contribution in [3.63, 3.8) is 0 Å². The van der Waals surface area contributed by atoms with Gasteiger partial charge in [0.1, 0.15) is 0 Å². The van der Waals surface area contributed by atoms with Crippen LogP contribution in [0.1, 0.15) is 27.7 Å². The molecule has 0 unspecified atom stereocenters. The Labute approximate surface area is 98.0 Å². The van der Waals surface area contributed by atoms with Crippen LogP contribution >= 0.6 is 0 Å². The van der Waals surface area contributed by atoms with E-state index in [2.05, 4.69) is 0 Å². The van der Waals surface area contributed by atoms with Crippen LogP contribution in [0.5, 0.6) is 0 Å². The summed E-state index contributed by atoms with van der Waals surface area (Å²) in [6.45, 7) is 10.1. The van der Waals surface area contributed by atoms with E-state index in [1.165, 1.54) is 11.9 Å². The fourth-order valence-corrected chi connectivity index (χ4v) is 1.49. The van der Waals surface area contributed by atoms with E-state index in [9.17, 15) is 9.59 Å². The van der Waals surface area contributed by atoms with Crippen LogP contribution in [0.3, 0.4) is 0 Å². The Balaban J connectivity index is 4.59. The lowest BCUT2D eigenvalue weighted by Crippen LogP contribution is -2.49. The molecule has 0 saturated carbocycles. The lowest BCUT2D eigenvalue weighted by Gasteiger charge is -2.29. The summed E-state index contributed by atoms with van der Waals surface area (Å²) < 4.78 is 0. The van der Waals surface area contributed by atoms with Crippen LogP contribution in [0.4, 0.5) is 9.59 Å². The summed E-state index contributed by atoms with van der Waals surface area (Å²) in [5, 5.41) is 0. The third-order valence-corrected chi connectivity index (χ3v) is 2.64. The SMILES string of the molecule is CCN(CC)C(=O)N(C)C(=O)N(CC)CC. The number of nitrogens with zero attached hydrogens (tertiary/aromatic N) is 3. The molecule has 0 N–H and O–H groups in total. The first kappa shape index (κ1) is 14.7. The van der Waals surface area contributed by atoms with Gasteiger partial charge >= 0.3 is 12.1 Å². The van der Waals surface area contributed by atoms with Gasteiger partial charge in [-0.1, -0.05) is 0 Å². The Morgan fingerprint density at radius 1 is 0.750 bits per heavy atom. The van der Waals surface area contributed by atoms with Gasteiger partial charge in [0, 0.05) is 33.2 Å². The maximum Gasteiger partial charge on any atom is 0.327 e. The van der Waals surface area contributed by atoms with Crippen LogP contribution < -0.4 is 0 Å². The van der Waals surface area contributed by atoms with E-state index < -0.39 is 0 Å². The molecule has 0 rings (SSSR count). The molecular weight excluding hydrogens is 206 g/mol. The van der Waals surface area contributed by atoms with Gasteiger partial charge in [0.2, 0.25) is 0 Å². The second kappa shape index (κ2) is 7.09. The number of hydrogen-bond donors (Lipinski definition) is 0.